The van der Waals surface area contributed by atoms with Crippen LogP contribution in [0.5, 0.6) is 0 Å². The van der Waals surface area contributed by atoms with E-state index in [9.17, 15) is 53.2 Å². The molecule has 17 N–H and O–H groups in total. The van der Waals surface area contributed by atoms with E-state index in [1.54, 1.807) is 6.92 Å². The molecule has 2 aromatic rings. The fraction of sp³-hybridized carbons (Fsp3) is 0.629. The zero-order valence-electron chi connectivity index (χ0n) is 54.4. The molecular weight excluding hydrogens is 1290 g/mol. The van der Waals surface area contributed by atoms with Crippen LogP contribution in [0.4, 0.5) is 0 Å². The van der Waals surface area contributed by atoms with Crippen molar-refractivity contribution in [1.82, 2.24) is 14.9 Å². The Morgan fingerprint density at radius 1 is 0.796 bits per heavy atom. The Bertz CT molecular complexity index is 3550. The molecule has 1 aromatic carbocycles. The maximum absolute atomic E-state index is 14.4. The number of fused-ring (bicyclic) bond motifs is 7. The minimum absolute atomic E-state index is 0. The number of aryl methyl sites for hydroxylation is 2. The van der Waals surface area contributed by atoms with Gasteiger partial charge in [-0.1, -0.05) is 40.7 Å². The molecule has 0 saturated carbocycles. The summed E-state index contributed by atoms with van der Waals surface area (Å²) in [6, 6.07) is 2.65. The number of aliphatic hydroxyl groups is 2. The average molecular weight is 1380 g/mol. The monoisotopic (exact) mass is 1380 g/mol. The third kappa shape index (κ3) is 14.9. The smallest absolute Gasteiger partial charge is 0.756 e. The van der Waals surface area contributed by atoms with Gasteiger partial charge in [-0.15, -0.1) is 12.4 Å². The Labute approximate surface area is 557 Å². The molecule has 93 heavy (non-hydrogen) atoms. The van der Waals surface area contributed by atoms with E-state index in [1.165, 1.54) is 17.8 Å². The summed E-state index contributed by atoms with van der Waals surface area (Å²) in [4.78, 5) is 128. The van der Waals surface area contributed by atoms with Crippen LogP contribution in [0.2, 0.25) is 0 Å². The molecule has 2 fully saturated rings. The van der Waals surface area contributed by atoms with E-state index >= 15 is 0 Å². The van der Waals surface area contributed by atoms with Crippen molar-refractivity contribution < 1.29 is 89.3 Å². The molecule has 28 nitrogen and oxygen atoms in total. The zero-order chi connectivity index (χ0) is 66.7. The number of amides is 7. The molecule has 31 heteroatoms. The van der Waals surface area contributed by atoms with Crippen molar-refractivity contribution in [2.75, 3.05) is 13.2 Å². The number of carbonyl (C=O) groups excluding carboxylic acids is 7. The molecule has 0 spiro atoms. The van der Waals surface area contributed by atoms with Gasteiger partial charge in [0.25, 0.3) is 7.82 Å². The maximum atomic E-state index is 14.4. The SMILES string of the molecule is CC1=C2N=C(C=C3N=C(C(C)=C4[N-]C(C(CC(N)=O)C4(C)CCC(=O)NCC(C)OP(=O)([O-])OC4C(CO)OC(n5cnc6cc(C)c(C)cc65)C4O)C4(C)N=C1C(CCC(N)=O)C4(C)CC(N)=O)C(CCC(N)=O)C3(C)C)C(CCC(N)=O)C2(C)CC(N)=O.Cl.O.[Co+2]. The third-order valence-corrected chi connectivity index (χ3v) is 21.6. The van der Waals surface area contributed by atoms with Crippen molar-refractivity contribution in [1.29, 1.82) is 0 Å². The predicted molar refractivity (Wildman–Crippen MR) is 342 cm³/mol. The van der Waals surface area contributed by atoms with Crippen molar-refractivity contribution in [3.63, 3.8) is 0 Å². The standard InChI is InChI=1S/C62H90N13O14P.ClH.Co.H2O/c1-29-20-39-40(21-30(29)2)75(28-70-39)57-52(84)53(41(27-76)87-57)89-90(85,86)88-31(3)26-69-49(83)18-19-59(8)37(22-46(66)80)56-62(11)61(10,25-48(68)82)36(14-17-45(65)79)51(74-62)33(5)55-60(9,24-47(67)81)34(12-15-43(63)77)38(71-55)23-42-58(6,7)35(13-16-44(64)78)50(72-42)32(4)54(59)73-56;;;/h20-21,23,28,31,34-37,41,52-53,56-57,76,84H,12-19,22,24-27H2,1-11H3,(H15,63,64,65,66,67,68,69,71,72,73,74,77,78,79,80,81,82,83,85,86);1H;;1H2/q;;+2;/p-2. The number of imidazole rings is 1. The molecule has 8 bridgehead atoms. The van der Waals surface area contributed by atoms with E-state index in [-0.39, 0.29) is 112 Å². The van der Waals surface area contributed by atoms with Crippen LogP contribution in [0, 0.1) is 59.2 Å². The molecule has 1 aromatic heterocycles. The van der Waals surface area contributed by atoms with E-state index in [4.69, 9.17) is 68.5 Å². The Balaban J connectivity index is 0.00000523. The van der Waals surface area contributed by atoms with Crippen LogP contribution >= 0.6 is 20.2 Å². The number of hydrogen-bond acceptors (Lipinski definition) is 18. The Morgan fingerprint density at radius 2 is 1.38 bits per heavy atom. The molecular formula is C62H91ClCoN13O15P. The predicted octanol–water partition coefficient (Wildman–Crippen LogP) is 2.91. The number of hydrogen-bond donors (Lipinski definition) is 9. The second kappa shape index (κ2) is 29.0. The maximum Gasteiger partial charge on any atom is 2.00 e. The number of benzene rings is 1. The van der Waals surface area contributed by atoms with Gasteiger partial charge in [0, 0.05) is 108 Å². The third-order valence-electron chi connectivity index (χ3n) is 20.5. The molecule has 15 unspecified atom stereocenters. The van der Waals surface area contributed by atoms with Gasteiger partial charge in [0.15, 0.2) is 6.23 Å². The van der Waals surface area contributed by atoms with Crippen LogP contribution in [0.1, 0.15) is 150 Å². The van der Waals surface area contributed by atoms with Crippen molar-refractivity contribution in [3.05, 3.63) is 69.2 Å². The van der Waals surface area contributed by atoms with Crippen molar-refractivity contribution in [2.45, 2.75) is 189 Å². The molecule has 8 rings (SSSR count). The van der Waals surface area contributed by atoms with Gasteiger partial charge >= 0.3 is 16.8 Å². The minimum atomic E-state index is -5.32. The molecule has 6 aliphatic heterocycles. The number of primary amides is 6. The van der Waals surface area contributed by atoms with Crippen molar-refractivity contribution in [3.8, 4) is 0 Å². The van der Waals surface area contributed by atoms with Gasteiger partial charge in [-0.05, 0) is 119 Å². The summed E-state index contributed by atoms with van der Waals surface area (Å²) in [7, 11) is -5.32. The van der Waals surface area contributed by atoms with E-state index in [0.717, 1.165) is 11.1 Å². The number of nitrogens with two attached hydrogens (primary N) is 6. The molecule has 2 saturated heterocycles. The summed E-state index contributed by atoms with van der Waals surface area (Å²) in [6.07, 6.45) is -4.79. The fourth-order valence-electron chi connectivity index (χ4n) is 15.3. The van der Waals surface area contributed by atoms with Gasteiger partial charge in [-0.3, -0.25) is 53.1 Å². The number of carbonyl (C=O) groups is 7. The van der Waals surface area contributed by atoms with Crippen LogP contribution < -0.4 is 44.6 Å². The summed E-state index contributed by atoms with van der Waals surface area (Å²) in [5.41, 5.74) is 36.7. The molecule has 515 valence electrons. The first-order valence-corrected chi connectivity index (χ1v) is 32.0. The zero-order valence-corrected chi connectivity index (χ0v) is 57.2. The number of rotatable bonds is 26. The summed E-state index contributed by atoms with van der Waals surface area (Å²) in [5, 5.41) is 30.1. The molecule has 0 aliphatic carbocycles. The van der Waals surface area contributed by atoms with E-state index in [1.807, 2.05) is 80.5 Å². The largest absolute Gasteiger partial charge is 2.00 e. The first kappa shape index (κ1) is 77.5. The van der Waals surface area contributed by atoms with Gasteiger partial charge in [0.1, 0.15) is 18.3 Å². The van der Waals surface area contributed by atoms with Crippen LogP contribution in [0.25, 0.3) is 16.4 Å². The fourth-order valence-corrected chi connectivity index (χ4v) is 16.4. The van der Waals surface area contributed by atoms with Crippen LogP contribution in [0.3, 0.4) is 0 Å². The number of aliphatic hydroxyl groups excluding tert-OH is 2. The number of aromatic nitrogens is 2. The van der Waals surface area contributed by atoms with Crippen LogP contribution in [-0.2, 0) is 68.7 Å². The topological polar surface area (TPSA) is 496 Å². The van der Waals surface area contributed by atoms with E-state index in [0.29, 0.717) is 56.4 Å². The van der Waals surface area contributed by atoms with E-state index in [2.05, 4.69) is 10.3 Å². The number of phosphoric acid groups is 1. The van der Waals surface area contributed by atoms with Crippen LogP contribution in [0.15, 0.2) is 67.8 Å². The average Bonchev–Trinajstić information content (AvgIpc) is 1.53. The summed E-state index contributed by atoms with van der Waals surface area (Å²) >= 11 is 0. The van der Waals surface area contributed by atoms with Gasteiger partial charge in [0.2, 0.25) is 41.4 Å². The number of aliphatic imine (C=N–C) groups is 3. The molecule has 1 radical (unpaired) electrons. The molecule has 6 aliphatic rings. The van der Waals surface area contributed by atoms with Gasteiger partial charge in [-0.2, -0.15) is 5.70 Å². The number of phosphoric ester groups is 1. The Hall–Kier alpha value is -6.24. The molecule has 15 atom stereocenters. The summed E-state index contributed by atoms with van der Waals surface area (Å²) < 4.78 is 31.9. The Morgan fingerprint density at radius 3 is 1.95 bits per heavy atom. The first-order valence-electron chi connectivity index (χ1n) is 30.5. The number of nitrogens with one attached hydrogen (secondary N) is 1. The number of halogens is 1. The number of allylic oxidation sites excluding steroid dienone is 6. The summed E-state index contributed by atoms with van der Waals surface area (Å²) in [5.74, 6) is -7.40. The van der Waals surface area contributed by atoms with Crippen LogP contribution in [-0.4, -0.2) is 133 Å². The Kier molecular flexibility index (Phi) is 24.2. The number of nitrogens with zero attached hydrogens (tertiary/aromatic N) is 6. The first-order chi connectivity index (χ1) is 41.8. The second-order valence-electron chi connectivity index (χ2n) is 27.0. The molecule has 7 amide bonds. The van der Waals surface area contributed by atoms with Gasteiger partial charge < -0.3 is 84.0 Å². The molecule has 7 heterocycles. The number of ether oxygens (including phenoxy) is 1. The summed E-state index contributed by atoms with van der Waals surface area (Å²) in [6.45, 7) is 19.0. The van der Waals surface area contributed by atoms with Gasteiger partial charge in [0.05, 0.1) is 41.3 Å². The van der Waals surface area contributed by atoms with Crippen molar-refractivity contribution in [2.24, 2.45) is 94.7 Å². The van der Waals surface area contributed by atoms with Gasteiger partial charge in [-0.25, -0.2) is 4.98 Å². The minimum Gasteiger partial charge on any atom is -0.756 e. The van der Waals surface area contributed by atoms with Crippen molar-refractivity contribution >= 4 is 89.7 Å². The normalized spacial score (nSPS) is 31.0. The second-order valence-corrected chi connectivity index (χ2v) is 28.3. The van der Waals surface area contributed by atoms with E-state index < -0.39 is 143 Å². The quantitative estimate of drug-likeness (QED) is 0.0612.